The molecule has 0 rings (SSSR count). The minimum absolute atomic E-state index is 0.0829. The van der Waals surface area contributed by atoms with Crippen molar-refractivity contribution >= 4 is 17.9 Å². The maximum atomic E-state index is 12.9. The van der Waals surface area contributed by atoms with E-state index in [0.29, 0.717) is 19.3 Å². The molecule has 0 bridgehead atoms. The molecule has 434 valence electrons. The van der Waals surface area contributed by atoms with Crippen molar-refractivity contribution in [1.29, 1.82) is 0 Å². The zero-order valence-electron chi connectivity index (χ0n) is 49.8. The summed E-state index contributed by atoms with van der Waals surface area (Å²) in [4.78, 5) is 38.4. The molecule has 1 unspecified atom stereocenters. The topological polar surface area (TPSA) is 78.9 Å². The Bertz CT molecular complexity index is 1390. The molecule has 6 heteroatoms. The van der Waals surface area contributed by atoms with Gasteiger partial charge in [0.15, 0.2) is 6.10 Å². The van der Waals surface area contributed by atoms with E-state index in [4.69, 9.17) is 14.2 Å². The van der Waals surface area contributed by atoms with E-state index < -0.39 is 6.10 Å². The average Bonchev–Trinajstić information content (AvgIpc) is 3.41. The Morgan fingerprint density at radius 3 is 0.813 bits per heavy atom. The Kier molecular flexibility index (Phi) is 60.7. The zero-order valence-corrected chi connectivity index (χ0v) is 49.8. The summed E-state index contributed by atoms with van der Waals surface area (Å²) in [6, 6.07) is 0. The predicted molar refractivity (Wildman–Crippen MR) is 325 cm³/mol. The summed E-state index contributed by atoms with van der Waals surface area (Å²) < 4.78 is 16.9. The fraction of sp³-hybridized carbons (Fsp3) is 0.783. The predicted octanol–water partition coefficient (Wildman–Crippen LogP) is 22.1. The number of unbranched alkanes of at least 4 members (excludes halogenated alkanes) is 36. The molecule has 75 heavy (non-hydrogen) atoms. The van der Waals surface area contributed by atoms with Gasteiger partial charge in [0.1, 0.15) is 13.2 Å². The Morgan fingerprint density at radius 2 is 0.520 bits per heavy atom. The van der Waals surface area contributed by atoms with Crippen LogP contribution in [0.15, 0.2) is 72.9 Å². The number of carbonyl (C=O) groups is 3. The maximum absolute atomic E-state index is 12.9. The molecule has 0 aromatic rings. The molecular weight excluding hydrogens is 925 g/mol. The highest BCUT2D eigenvalue weighted by Gasteiger charge is 2.19. The summed E-state index contributed by atoms with van der Waals surface area (Å²) in [5.41, 5.74) is 0. The lowest BCUT2D eigenvalue weighted by molar-refractivity contribution is -0.167. The van der Waals surface area contributed by atoms with E-state index in [1.165, 1.54) is 186 Å². The third-order valence-corrected chi connectivity index (χ3v) is 14.2. The average molecular weight is 1050 g/mol. The molecule has 0 radical (unpaired) electrons. The van der Waals surface area contributed by atoms with Crippen molar-refractivity contribution in [3.8, 4) is 0 Å². The summed E-state index contributed by atoms with van der Waals surface area (Å²) in [5, 5.41) is 0. The molecule has 0 aromatic heterocycles. The number of hydrogen-bond acceptors (Lipinski definition) is 6. The molecule has 0 aromatic carbocycles. The highest BCUT2D eigenvalue weighted by atomic mass is 16.6. The summed E-state index contributed by atoms with van der Waals surface area (Å²) in [5.74, 6) is -0.893. The number of esters is 3. The minimum Gasteiger partial charge on any atom is -0.462 e. The molecule has 0 fully saturated rings. The SMILES string of the molecule is CC/C=C\C/C=C\C/C=C\C/C=C\CCCCCCC(=O)OCC(COC(=O)CCCCCCCCCCC/C=C\C/C=C\CCCCCCC)OC(=O)CCCCCCCCCCCCCCCCCCCCC. The van der Waals surface area contributed by atoms with Gasteiger partial charge in [-0.1, -0.05) is 293 Å². The van der Waals surface area contributed by atoms with E-state index in [1.807, 2.05) is 0 Å². The summed E-state index contributed by atoms with van der Waals surface area (Å²) in [7, 11) is 0. The van der Waals surface area contributed by atoms with Crippen LogP contribution in [0.3, 0.4) is 0 Å². The first-order valence-electron chi connectivity index (χ1n) is 32.4. The highest BCUT2D eigenvalue weighted by molar-refractivity contribution is 5.71. The number of allylic oxidation sites excluding steroid dienone is 12. The van der Waals surface area contributed by atoms with Crippen molar-refractivity contribution in [1.82, 2.24) is 0 Å². The van der Waals surface area contributed by atoms with Crippen LogP contribution in [0.2, 0.25) is 0 Å². The van der Waals surface area contributed by atoms with Gasteiger partial charge in [-0.05, 0) is 89.9 Å². The van der Waals surface area contributed by atoms with Crippen LogP contribution in [0.4, 0.5) is 0 Å². The monoisotopic (exact) mass is 1050 g/mol. The second-order valence-corrected chi connectivity index (χ2v) is 21.6. The third kappa shape index (κ3) is 61.6. The van der Waals surface area contributed by atoms with Crippen LogP contribution >= 0.6 is 0 Å². The molecule has 0 N–H and O–H groups in total. The van der Waals surface area contributed by atoms with Crippen LogP contribution in [0.5, 0.6) is 0 Å². The zero-order chi connectivity index (χ0) is 54.3. The van der Waals surface area contributed by atoms with Crippen LogP contribution in [-0.2, 0) is 28.6 Å². The van der Waals surface area contributed by atoms with Gasteiger partial charge in [0.25, 0.3) is 0 Å². The van der Waals surface area contributed by atoms with Crippen LogP contribution in [0, 0.1) is 0 Å². The molecule has 0 heterocycles. The number of rotatable bonds is 59. The normalized spacial score (nSPS) is 12.5. The highest BCUT2D eigenvalue weighted by Crippen LogP contribution is 2.17. The van der Waals surface area contributed by atoms with Gasteiger partial charge in [-0.3, -0.25) is 14.4 Å². The van der Waals surface area contributed by atoms with Crippen LogP contribution < -0.4 is 0 Å². The molecule has 0 saturated heterocycles. The van der Waals surface area contributed by atoms with Crippen molar-refractivity contribution in [2.45, 2.75) is 335 Å². The van der Waals surface area contributed by atoms with Crippen molar-refractivity contribution in [2.75, 3.05) is 13.2 Å². The molecule has 0 spiro atoms. The first-order chi connectivity index (χ1) is 37.0. The van der Waals surface area contributed by atoms with Crippen LogP contribution in [-0.4, -0.2) is 37.2 Å². The fourth-order valence-corrected chi connectivity index (χ4v) is 9.35. The molecule has 0 amide bonds. The summed E-state index contributed by atoms with van der Waals surface area (Å²) in [6.07, 6.45) is 81.9. The lowest BCUT2D eigenvalue weighted by atomic mass is 10.0. The Balaban J connectivity index is 4.38. The molecule has 1 atom stereocenters. The number of ether oxygens (including phenoxy) is 3. The van der Waals surface area contributed by atoms with Crippen molar-refractivity contribution in [2.24, 2.45) is 0 Å². The van der Waals surface area contributed by atoms with E-state index in [1.54, 1.807) is 0 Å². The van der Waals surface area contributed by atoms with Crippen LogP contribution in [0.25, 0.3) is 0 Å². The molecule has 0 saturated carbocycles. The number of hydrogen-bond donors (Lipinski definition) is 0. The van der Waals surface area contributed by atoms with E-state index in [2.05, 4.69) is 93.7 Å². The molecule has 0 aliphatic carbocycles. The molecule has 0 aliphatic rings. The van der Waals surface area contributed by atoms with Gasteiger partial charge in [-0.15, -0.1) is 0 Å². The Labute approximate surface area is 465 Å². The van der Waals surface area contributed by atoms with E-state index >= 15 is 0 Å². The molecule has 6 nitrogen and oxygen atoms in total. The largest absolute Gasteiger partial charge is 0.462 e. The quantitative estimate of drug-likeness (QED) is 0.0261. The van der Waals surface area contributed by atoms with Gasteiger partial charge in [0.2, 0.25) is 0 Å². The first kappa shape index (κ1) is 71.8. The van der Waals surface area contributed by atoms with Gasteiger partial charge < -0.3 is 14.2 Å². The van der Waals surface area contributed by atoms with Gasteiger partial charge in [0.05, 0.1) is 0 Å². The van der Waals surface area contributed by atoms with Crippen LogP contribution in [0.1, 0.15) is 329 Å². The molecule has 0 aliphatic heterocycles. The number of carbonyl (C=O) groups excluding carboxylic acids is 3. The lowest BCUT2D eigenvalue weighted by Crippen LogP contribution is -2.30. The van der Waals surface area contributed by atoms with Gasteiger partial charge in [0, 0.05) is 19.3 Å². The van der Waals surface area contributed by atoms with Gasteiger partial charge in [-0.2, -0.15) is 0 Å². The van der Waals surface area contributed by atoms with Crippen molar-refractivity contribution in [3.05, 3.63) is 72.9 Å². The Hall–Kier alpha value is -3.15. The van der Waals surface area contributed by atoms with Gasteiger partial charge >= 0.3 is 17.9 Å². The van der Waals surface area contributed by atoms with E-state index in [-0.39, 0.29) is 31.1 Å². The minimum atomic E-state index is -0.787. The van der Waals surface area contributed by atoms with Crippen molar-refractivity contribution in [3.63, 3.8) is 0 Å². The standard InChI is InChI=1S/C69H122O6/c1-4-7-10-13-16-19-22-25-28-31-33-34-36-38-41-44-47-50-53-56-59-62-68(71)74-65-66(64-73-67(70)61-58-55-52-49-46-43-40-37-30-27-24-21-18-15-12-9-6-3)75-69(72)63-60-57-54-51-48-45-42-39-35-32-29-26-23-20-17-14-11-8-5-2/h9,12,18,21-22,25,27,30-31,33,40,43,66H,4-8,10-11,13-17,19-20,23-24,26,28-29,32,34-39,41-42,44-65H2,1-3H3/b12-9-,21-18-,25-22-,30-27-,33-31-,43-40-. The third-order valence-electron chi connectivity index (χ3n) is 14.2. The smallest absolute Gasteiger partial charge is 0.306 e. The summed E-state index contributed by atoms with van der Waals surface area (Å²) in [6.45, 7) is 6.54. The van der Waals surface area contributed by atoms with E-state index in [0.717, 1.165) is 103 Å². The second kappa shape index (κ2) is 63.4. The van der Waals surface area contributed by atoms with E-state index in [9.17, 15) is 14.4 Å². The second-order valence-electron chi connectivity index (χ2n) is 21.6. The lowest BCUT2D eigenvalue weighted by Gasteiger charge is -2.18. The van der Waals surface area contributed by atoms with Gasteiger partial charge in [-0.25, -0.2) is 0 Å². The maximum Gasteiger partial charge on any atom is 0.306 e. The van der Waals surface area contributed by atoms with Crippen molar-refractivity contribution < 1.29 is 28.6 Å². The summed E-state index contributed by atoms with van der Waals surface area (Å²) >= 11 is 0. The first-order valence-corrected chi connectivity index (χ1v) is 32.4. The molecular formula is C69H122O6. The Morgan fingerprint density at radius 1 is 0.280 bits per heavy atom. The fourth-order valence-electron chi connectivity index (χ4n) is 9.35.